The number of hydrogen-bond donors (Lipinski definition) is 2. The topological polar surface area (TPSA) is 83.8 Å². The highest BCUT2D eigenvalue weighted by atomic mass is 35.5. The Bertz CT molecular complexity index is 1120. The van der Waals surface area contributed by atoms with Crippen molar-refractivity contribution in [3.63, 3.8) is 0 Å². The van der Waals surface area contributed by atoms with Gasteiger partial charge in [-0.15, -0.1) is 0 Å². The van der Waals surface area contributed by atoms with Crippen LogP contribution in [0.1, 0.15) is 32.0 Å². The van der Waals surface area contributed by atoms with Crippen LogP contribution in [0.3, 0.4) is 0 Å². The summed E-state index contributed by atoms with van der Waals surface area (Å²) >= 11 is 6.30. The van der Waals surface area contributed by atoms with E-state index in [1.54, 1.807) is 23.6 Å². The summed E-state index contributed by atoms with van der Waals surface area (Å²) < 4.78 is 7.11. The molecule has 3 aromatic rings. The summed E-state index contributed by atoms with van der Waals surface area (Å²) in [5.41, 5.74) is 4.94. The first-order valence-electron chi connectivity index (χ1n) is 8.61. The maximum Gasteiger partial charge on any atom is 0.274 e. The maximum atomic E-state index is 13.2. The Morgan fingerprint density at radius 2 is 1.96 bits per heavy atom. The van der Waals surface area contributed by atoms with Crippen LogP contribution < -0.4 is 10.2 Å². The van der Waals surface area contributed by atoms with E-state index in [9.17, 15) is 9.59 Å². The van der Waals surface area contributed by atoms with Crippen LogP contribution in [0, 0.1) is 0 Å². The molecule has 144 valence electrons. The number of benzene rings is 2. The lowest BCUT2D eigenvalue weighted by Gasteiger charge is -2.16. The van der Waals surface area contributed by atoms with E-state index >= 15 is 0 Å². The number of rotatable bonds is 3. The number of methoxy groups -OCH3 is 1. The molecule has 0 bridgehead atoms. The number of carbonyl (C=O) groups excluding carboxylic acids is 2. The number of amides is 2. The molecule has 28 heavy (non-hydrogen) atoms. The standard InChI is InChI=1S/C20H18ClN3O4/c1-23-17-4-3-14(28-2)6-11(17)8-18(23)20(26)24-9-13-5-12(19(25)22-27)7-16(21)15(13)10-24/h3-8,27H,9-10H2,1-2H3,(H,22,25). The van der Waals surface area contributed by atoms with E-state index in [4.69, 9.17) is 21.5 Å². The van der Waals surface area contributed by atoms with Gasteiger partial charge in [0.1, 0.15) is 11.4 Å². The number of hydrogen-bond acceptors (Lipinski definition) is 4. The third-order valence-electron chi connectivity index (χ3n) is 5.12. The fourth-order valence-electron chi connectivity index (χ4n) is 3.63. The molecular weight excluding hydrogens is 382 g/mol. The molecule has 0 radical (unpaired) electrons. The van der Waals surface area contributed by atoms with Gasteiger partial charge in [-0.25, -0.2) is 5.48 Å². The number of aryl methyl sites for hydroxylation is 1. The third kappa shape index (κ3) is 2.89. The lowest BCUT2D eigenvalue weighted by atomic mass is 10.1. The molecule has 7 nitrogen and oxygen atoms in total. The number of nitrogens with zero attached hydrogens (tertiary/aromatic N) is 2. The summed E-state index contributed by atoms with van der Waals surface area (Å²) in [5, 5.41) is 10.1. The van der Waals surface area contributed by atoms with Gasteiger partial charge in [0.2, 0.25) is 0 Å². The number of carbonyl (C=O) groups is 2. The molecule has 2 aromatic carbocycles. The quantitative estimate of drug-likeness (QED) is 0.523. The first-order valence-corrected chi connectivity index (χ1v) is 8.99. The first kappa shape index (κ1) is 18.3. The number of fused-ring (bicyclic) bond motifs is 2. The average Bonchev–Trinajstić information content (AvgIpc) is 3.28. The molecule has 0 saturated carbocycles. The fourth-order valence-corrected chi connectivity index (χ4v) is 3.92. The number of nitrogens with one attached hydrogen (secondary N) is 1. The molecule has 0 aliphatic carbocycles. The second-order valence-electron chi connectivity index (χ2n) is 6.71. The monoisotopic (exact) mass is 399 g/mol. The Hall–Kier alpha value is -3.03. The molecule has 1 aromatic heterocycles. The lowest BCUT2D eigenvalue weighted by Crippen LogP contribution is -2.27. The highest BCUT2D eigenvalue weighted by molar-refractivity contribution is 6.32. The molecule has 1 aliphatic heterocycles. The number of hydroxylamine groups is 1. The summed E-state index contributed by atoms with van der Waals surface area (Å²) in [6.45, 7) is 0.699. The van der Waals surface area contributed by atoms with E-state index in [-0.39, 0.29) is 11.5 Å². The van der Waals surface area contributed by atoms with Gasteiger partial charge in [0, 0.05) is 41.6 Å². The SMILES string of the molecule is COc1ccc2c(c1)cc(C(=O)N1Cc3cc(C(=O)NO)cc(Cl)c3C1)n2C. The van der Waals surface area contributed by atoms with E-state index in [0.29, 0.717) is 23.8 Å². The highest BCUT2D eigenvalue weighted by Gasteiger charge is 2.29. The smallest absolute Gasteiger partial charge is 0.274 e. The predicted octanol–water partition coefficient (Wildman–Crippen LogP) is 3.12. The van der Waals surface area contributed by atoms with E-state index in [1.807, 2.05) is 35.9 Å². The maximum absolute atomic E-state index is 13.2. The number of halogens is 1. The van der Waals surface area contributed by atoms with Gasteiger partial charge < -0.3 is 14.2 Å². The molecule has 0 spiro atoms. The summed E-state index contributed by atoms with van der Waals surface area (Å²) in [5.74, 6) is -0.0395. The van der Waals surface area contributed by atoms with Crippen molar-refractivity contribution < 1.29 is 19.5 Å². The highest BCUT2D eigenvalue weighted by Crippen LogP contribution is 2.32. The summed E-state index contributed by atoms with van der Waals surface area (Å²) in [6, 6.07) is 10.6. The van der Waals surface area contributed by atoms with Crippen LogP contribution in [0.4, 0.5) is 0 Å². The minimum absolute atomic E-state index is 0.127. The predicted molar refractivity (Wildman–Crippen MR) is 104 cm³/mol. The van der Waals surface area contributed by atoms with Crippen molar-refractivity contribution in [3.8, 4) is 5.75 Å². The molecule has 1 aliphatic rings. The Morgan fingerprint density at radius 3 is 2.68 bits per heavy atom. The van der Waals surface area contributed by atoms with Gasteiger partial charge in [0.15, 0.2) is 0 Å². The Labute approximate surface area is 166 Å². The zero-order valence-corrected chi connectivity index (χ0v) is 16.1. The van der Waals surface area contributed by atoms with Crippen molar-refractivity contribution in [3.05, 3.63) is 63.8 Å². The van der Waals surface area contributed by atoms with Gasteiger partial charge in [-0.3, -0.25) is 14.8 Å². The molecule has 0 fully saturated rings. The largest absolute Gasteiger partial charge is 0.497 e. The molecule has 2 N–H and O–H groups in total. The van der Waals surface area contributed by atoms with Crippen molar-refractivity contribution in [1.29, 1.82) is 0 Å². The summed E-state index contributed by atoms with van der Waals surface area (Å²) in [7, 11) is 3.45. The normalized spacial score (nSPS) is 12.9. The Kier molecular flexibility index (Phi) is 4.49. The van der Waals surface area contributed by atoms with Crippen LogP contribution >= 0.6 is 11.6 Å². The molecule has 2 amide bonds. The van der Waals surface area contributed by atoms with Crippen LogP contribution in [0.15, 0.2) is 36.4 Å². The van der Waals surface area contributed by atoms with Crippen LogP contribution in [0.25, 0.3) is 10.9 Å². The van der Waals surface area contributed by atoms with Crippen LogP contribution in [-0.4, -0.2) is 33.6 Å². The van der Waals surface area contributed by atoms with Crippen molar-refractivity contribution in [1.82, 2.24) is 14.9 Å². The van der Waals surface area contributed by atoms with Gasteiger partial charge in [-0.2, -0.15) is 0 Å². The average molecular weight is 400 g/mol. The lowest BCUT2D eigenvalue weighted by molar-refractivity contribution is 0.0706. The van der Waals surface area contributed by atoms with Crippen LogP contribution in [0.5, 0.6) is 5.75 Å². The Morgan fingerprint density at radius 1 is 1.18 bits per heavy atom. The van der Waals surface area contributed by atoms with Crippen LogP contribution in [0.2, 0.25) is 5.02 Å². The minimum atomic E-state index is -0.642. The van der Waals surface area contributed by atoms with Gasteiger partial charge in [0.25, 0.3) is 11.8 Å². The van der Waals surface area contributed by atoms with E-state index < -0.39 is 5.91 Å². The van der Waals surface area contributed by atoms with Gasteiger partial charge in [0.05, 0.1) is 7.11 Å². The Balaban J connectivity index is 1.66. The molecule has 0 atom stereocenters. The van der Waals surface area contributed by atoms with Crippen molar-refractivity contribution in [2.75, 3.05) is 7.11 Å². The van der Waals surface area contributed by atoms with Crippen molar-refractivity contribution in [2.24, 2.45) is 7.05 Å². The second-order valence-corrected chi connectivity index (χ2v) is 7.12. The fraction of sp³-hybridized carbons (Fsp3) is 0.200. The first-order chi connectivity index (χ1) is 13.4. The minimum Gasteiger partial charge on any atom is -0.497 e. The van der Waals surface area contributed by atoms with E-state index in [0.717, 1.165) is 27.8 Å². The van der Waals surface area contributed by atoms with Crippen molar-refractivity contribution in [2.45, 2.75) is 13.1 Å². The third-order valence-corrected chi connectivity index (χ3v) is 5.45. The van der Waals surface area contributed by atoms with Crippen LogP contribution in [-0.2, 0) is 20.1 Å². The molecule has 8 heteroatoms. The number of aromatic nitrogens is 1. The molecule has 0 unspecified atom stereocenters. The second kappa shape index (κ2) is 6.85. The zero-order chi connectivity index (χ0) is 20.0. The number of ether oxygens (including phenoxy) is 1. The summed E-state index contributed by atoms with van der Waals surface area (Å²) in [6.07, 6.45) is 0. The van der Waals surface area contributed by atoms with Gasteiger partial charge in [-0.1, -0.05) is 11.6 Å². The van der Waals surface area contributed by atoms with E-state index in [1.165, 1.54) is 6.07 Å². The zero-order valence-electron chi connectivity index (χ0n) is 15.3. The van der Waals surface area contributed by atoms with E-state index in [2.05, 4.69) is 0 Å². The van der Waals surface area contributed by atoms with Gasteiger partial charge >= 0.3 is 0 Å². The molecule has 2 heterocycles. The summed E-state index contributed by atoms with van der Waals surface area (Å²) in [4.78, 5) is 26.5. The molecular formula is C20H18ClN3O4. The van der Waals surface area contributed by atoms with Crippen molar-refractivity contribution >= 4 is 34.3 Å². The van der Waals surface area contributed by atoms with Gasteiger partial charge in [-0.05, 0) is 47.5 Å². The molecule has 4 rings (SSSR count). The molecule has 0 saturated heterocycles.